The average molecular weight is 365 g/mol. The van der Waals surface area contributed by atoms with Crippen LogP contribution in [0.1, 0.15) is 17.1 Å². The SMILES string of the molecule is Cc1ccc(Sc2ccc(C=C(C#N)C(=O)Nc3cc(C)on3)o2)cc1. The largest absolute Gasteiger partial charge is 0.450 e. The molecule has 1 N–H and O–H groups in total. The molecule has 0 fully saturated rings. The number of aromatic nitrogens is 1. The number of carbonyl (C=O) groups excluding carboxylic acids is 1. The Balaban J connectivity index is 1.71. The second-order valence-corrected chi connectivity index (χ2v) is 6.60. The molecule has 1 aromatic carbocycles. The zero-order chi connectivity index (χ0) is 18.5. The number of hydrogen-bond acceptors (Lipinski definition) is 6. The number of nitrogens with one attached hydrogen (secondary N) is 1. The van der Waals surface area contributed by atoms with Crippen molar-refractivity contribution in [3.63, 3.8) is 0 Å². The molecule has 1 amide bonds. The van der Waals surface area contributed by atoms with Crippen molar-refractivity contribution in [3.8, 4) is 6.07 Å². The van der Waals surface area contributed by atoms with E-state index in [0.717, 1.165) is 4.90 Å². The van der Waals surface area contributed by atoms with Crippen LogP contribution in [0.4, 0.5) is 5.82 Å². The Hall–Kier alpha value is -3.24. The topological polar surface area (TPSA) is 92.1 Å². The van der Waals surface area contributed by atoms with Crippen LogP contribution >= 0.6 is 11.8 Å². The lowest BCUT2D eigenvalue weighted by atomic mass is 10.2. The maximum atomic E-state index is 12.2. The van der Waals surface area contributed by atoms with Crippen molar-refractivity contribution in [2.75, 3.05) is 5.32 Å². The maximum absolute atomic E-state index is 12.2. The van der Waals surface area contributed by atoms with Gasteiger partial charge >= 0.3 is 0 Å². The molecule has 0 atom stereocenters. The molecule has 0 radical (unpaired) electrons. The Morgan fingerprint density at radius 2 is 2.00 bits per heavy atom. The van der Waals surface area contributed by atoms with Crippen molar-refractivity contribution in [3.05, 3.63) is 65.1 Å². The third-order valence-electron chi connectivity index (χ3n) is 3.36. The fraction of sp³-hybridized carbons (Fsp3) is 0.105. The van der Waals surface area contributed by atoms with E-state index in [1.165, 1.54) is 23.4 Å². The zero-order valence-electron chi connectivity index (χ0n) is 14.1. The number of rotatable bonds is 5. The second kappa shape index (κ2) is 7.76. The lowest BCUT2D eigenvalue weighted by Gasteiger charge is -1.99. The number of aryl methyl sites for hydroxylation is 2. The molecule has 3 aromatic rings. The highest BCUT2D eigenvalue weighted by atomic mass is 32.2. The van der Waals surface area contributed by atoms with E-state index < -0.39 is 5.91 Å². The minimum atomic E-state index is -0.579. The van der Waals surface area contributed by atoms with Gasteiger partial charge in [0, 0.05) is 17.0 Å². The van der Waals surface area contributed by atoms with Gasteiger partial charge in [0.1, 0.15) is 23.2 Å². The molecule has 26 heavy (non-hydrogen) atoms. The Morgan fingerprint density at radius 1 is 1.23 bits per heavy atom. The van der Waals surface area contributed by atoms with Gasteiger partial charge in [-0.3, -0.25) is 4.79 Å². The molecule has 2 aromatic heterocycles. The molecule has 0 saturated heterocycles. The summed E-state index contributed by atoms with van der Waals surface area (Å²) in [4.78, 5) is 13.2. The van der Waals surface area contributed by atoms with Crippen LogP contribution in [0, 0.1) is 25.2 Å². The van der Waals surface area contributed by atoms with E-state index in [1.54, 1.807) is 25.1 Å². The van der Waals surface area contributed by atoms with Gasteiger partial charge in [0.2, 0.25) is 0 Å². The van der Waals surface area contributed by atoms with Gasteiger partial charge in [-0.2, -0.15) is 5.26 Å². The monoisotopic (exact) mass is 365 g/mol. The summed E-state index contributed by atoms with van der Waals surface area (Å²) in [5.41, 5.74) is 1.09. The highest BCUT2D eigenvalue weighted by molar-refractivity contribution is 7.99. The van der Waals surface area contributed by atoms with Gasteiger partial charge in [-0.25, -0.2) is 0 Å². The molecule has 0 aliphatic heterocycles. The molecular weight excluding hydrogens is 350 g/mol. The van der Waals surface area contributed by atoms with Gasteiger partial charge in [0.05, 0.1) is 0 Å². The number of nitrogens with zero attached hydrogens (tertiary/aromatic N) is 2. The van der Waals surface area contributed by atoms with Crippen LogP contribution in [0.2, 0.25) is 0 Å². The van der Waals surface area contributed by atoms with Crippen LogP contribution in [0.3, 0.4) is 0 Å². The van der Waals surface area contributed by atoms with Crippen molar-refractivity contribution in [1.29, 1.82) is 5.26 Å². The fourth-order valence-electron chi connectivity index (χ4n) is 2.09. The average Bonchev–Trinajstić information content (AvgIpc) is 3.23. The van der Waals surface area contributed by atoms with Gasteiger partial charge in [-0.1, -0.05) is 34.6 Å². The molecule has 6 nitrogen and oxygen atoms in total. The lowest BCUT2D eigenvalue weighted by Crippen LogP contribution is -2.13. The summed E-state index contributed by atoms with van der Waals surface area (Å²) in [5.74, 6) is 0.655. The standard InChI is InChI=1S/C19H15N3O3S/c1-12-3-6-16(7-4-12)26-18-8-5-15(24-18)10-14(11-20)19(23)21-17-9-13(2)25-22-17/h3-10H,1-2H3,(H,21,22,23). The molecule has 0 saturated carbocycles. The summed E-state index contributed by atoms with van der Waals surface area (Å²) in [6.45, 7) is 3.73. The minimum absolute atomic E-state index is 0.0908. The molecule has 2 heterocycles. The lowest BCUT2D eigenvalue weighted by molar-refractivity contribution is -0.112. The number of nitriles is 1. The summed E-state index contributed by atoms with van der Waals surface area (Å²) >= 11 is 1.46. The molecular formula is C19H15N3O3S. The van der Waals surface area contributed by atoms with E-state index in [2.05, 4.69) is 10.5 Å². The third kappa shape index (κ3) is 4.43. The Kier molecular flexibility index (Phi) is 5.25. The number of carbonyl (C=O) groups is 1. The number of anilines is 1. The van der Waals surface area contributed by atoms with Crippen LogP contribution in [0.5, 0.6) is 0 Å². The normalized spacial score (nSPS) is 11.2. The van der Waals surface area contributed by atoms with Crippen molar-refractivity contribution in [2.45, 2.75) is 23.8 Å². The van der Waals surface area contributed by atoms with E-state index in [-0.39, 0.29) is 11.4 Å². The second-order valence-electron chi connectivity index (χ2n) is 5.52. The van der Waals surface area contributed by atoms with Gasteiger partial charge < -0.3 is 14.3 Å². The highest BCUT2D eigenvalue weighted by Crippen LogP contribution is 2.30. The predicted octanol–water partition coefficient (Wildman–Crippen LogP) is 4.58. The number of hydrogen-bond donors (Lipinski definition) is 1. The summed E-state index contributed by atoms with van der Waals surface area (Å²) in [6.07, 6.45) is 1.39. The Labute approximate surface area is 154 Å². The summed E-state index contributed by atoms with van der Waals surface area (Å²) in [7, 11) is 0. The van der Waals surface area contributed by atoms with E-state index in [1.807, 2.05) is 37.3 Å². The molecule has 0 bridgehead atoms. The smallest absolute Gasteiger partial charge is 0.267 e. The van der Waals surface area contributed by atoms with Crippen molar-refractivity contribution in [2.24, 2.45) is 0 Å². The van der Waals surface area contributed by atoms with E-state index in [0.29, 0.717) is 16.6 Å². The van der Waals surface area contributed by atoms with Gasteiger partial charge in [-0.15, -0.1) is 0 Å². The predicted molar refractivity (Wildman–Crippen MR) is 97.5 cm³/mol. The van der Waals surface area contributed by atoms with Gasteiger partial charge in [-0.05, 0) is 38.1 Å². The van der Waals surface area contributed by atoms with Crippen LogP contribution in [-0.4, -0.2) is 11.1 Å². The number of furan rings is 1. The summed E-state index contributed by atoms with van der Waals surface area (Å²) in [6, 6.07) is 15.0. The molecule has 7 heteroatoms. The quantitative estimate of drug-likeness (QED) is 0.525. The molecule has 0 aliphatic rings. The first kappa shape index (κ1) is 17.6. The van der Waals surface area contributed by atoms with Crippen LogP contribution in [0.15, 0.2) is 67.0 Å². The molecule has 0 unspecified atom stereocenters. The van der Waals surface area contributed by atoms with Crippen LogP contribution in [0.25, 0.3) is 6.08 Å². The molecule has 0 aliphatic carbocycles. The number of benzene rings is 1. The first-order chi connectivity index (χ1) is 12.5. The fourth-order valence-corrected chi connectivity index (χ4v) is 2.87. The van der Waals surface area contributed by atoms with Crippen LogP contribution < -0.4 is 5.32 Å². The van der Waals surface area contributed by atoms with Crippen LogP contribution in [-0.2, 0) is 4.79 Å². The highest BCUT2D eigenvalue weighted by Gasteiger charge is 2.13. The molecule has 3 rings (SSSR count). The molecule has 0 spiro atoms. The van der Waals surface area contributed by atoms with Crippen molar-refractivity contribution >= 4 is 29.6 Å². The van der Waals surface area contributed by atoms with Gasteiger partial charge in [0.25, 0.3) is 5.91 Å². The Morgan fingerprint density at radius 3 is 2.65 bits per heavy atom. The third-order valence-corrected chi connectivity index (χ3v) is 4.29. The van der Waals surface area contributed by atoms with E-state index in [4.69, 9.17) is 8.94 Å². The minimum Gasteiger partial charge on any atom is -0.450 e. The zero-order valence-corrected chi connectivity index (χ0v) is 15.0. The Bertz CT molecular complexity index is 994. The summed E-state index contributed by atoms with van der Waals surface area (Å²) < 4.78 is 10.6. The maximum Gasteiger partial charge on any atom is 0.267 e. The van der Waals surface area contributed by atoms with Gasteiger partial charge in [0.15, 0.2) is 10.9 Å². The first-order valence-electron chi connectivity index (χ1n) is 7.74. The molecule has 130 valence electrons. The summed E-state index contributed by atoms with van der Waals surface area (Å²) in [5, 5.41) is 16.1. The first-order valence-corrected chi connectivity index (χ1v) is 8.56. The van der Waals surface area contributed by atoms with Crippen molar-refractivity contribution < 1.29 is 13.7 Å². The number of amides is 1. The van der Waals surface area contributed by atoms with E-state index in [9.17, 15) is 10.1 Å². The van der Waals surface area contributed by atoms with E-state index >= 15 is 0 Å². The van der Waals surface area contributed by atoms with Crippen molar-refractivity contribution in [1.82, 2.24) is 5.16 Å².